The molecular formula is C12H11ClN2O2. The zero-order chi connectivity index (χ0) is 12.3. The van der Waals surface area contributed by atoms with Crippen molar-refractivity contribution in [2.45, 2.75) is 6.92 Å². The van der Waals surface area contributed by atoms with E-state index in [0.29, 0.717) is 17.1 Å². The fourth-order valence-electron chi connectivity index (χ4n) is 1.44. The Kier molecular flexibility index (Phi) is 3.56. The Balaban J connectivity index is 2.39. The van der Waals surface area contributed by atoms with Crippen molar-refractivity contribution >= 4 is 28.4 Å². The van der Waals surface area contributed by atoms with Gasteiger partial charge in [0.2, 0.25) is 0 Å². The van der Waals surface area contributed by atoms with Crippen molar-refractivity contribution in [1.29, 1.82) is 0 Å². The second-order valence-corrected chi connectivity index (χ2v) is 3.78. The standard InChI is InChI=1S/C12H11ClN2O2/c1-2-17-15-12(16)11-7-9(13)8-5-3-4-6-10(8)14-11/h3-7H,2H2,1H3,(H,15,16). The zero-order valence-electron chi connectivity index (χ0n) is 9.24. The van der Waals surface area contributed by atoms with E-state index in [1.54, 1.807) is 13.0 Å². The number of carbonyl (C=O) groups excluding carboxylic acids is 1. The number of fused-ring (bicyclic) bond motifs is 1. The van der Waals surface area contributed by atoms with E-state index in [1.807, 2.05) is 18.2 Å². The zero-order valence-corrected chi connectivity index (χ0v) is 9.99. The molecule has 0 radical (unpaired) electrons. The molecule has 0 aliphatic rings. The van der Waals surface area contributed by atoms with E-state index in [9.17, 15) is 4.79 Å². The molecule has 2 aromatic rings. The molecule has 0 fully saturated rings. The summed E-state index contributed by atoms with van der Waals surface area (Å²) in [4.78, 5) is 20.7. The molecule has 1 aromatic carbocycles. The Morgan fingerprint density at radius 1 is 1.47 bits per heavy atom. The molecule has 88 valence electrons. The molecule has 0 saturated carbocycles. The lowest BCUT2D eigenvalue weighted by atomic mass is 10.2. The van der Waals surface area contributed by atoms with Gasteiger partial charge in [0.25, 0.3) is 5.91 Å². The van der Waals surface area contributed by atoms with Crippen molar-refractivity contribution in [3.05, 3.63) is 41.0 Å². The molecule has 1 aromatic heterocycles. The van der Waals surface area contributed by atoms with Crippen LogP contribution in [0.3, 0.4) is 0 Å². The van der Waals surface area contributed by atoms with Gasteiger partial charge in [0.15, 0.2) is 0 Å². The van der Waals surface area contributed by atoms with Crippen LogP contribution in [-0.2, 0) is 4.84 Å². The molecular weight excluding hydrogens is 240 g/mol. The number of pyridine rings is 1. The van der Waals surface area contributed by atoms with Gasteiger partial charge in [0.05, 0.1) is 17.1 Å². The van der Waals surface area contributed by atoms with Gasteiger partial charge in [-0.25, -0.2) is 10.5 Å². The molecule has 0 aliphatic carbocycles. The fourth-order valence-corrected chi connectivity index (χ4v) is 1.70. The predicted molar refractivity (Wildman–Crippen MR) is 65.8 cm³/mol. The number of benzene rings is 1. The quantitative estimate of drug-likeness (QED) is 0.852. The van der Waals surface area contributed by atoms with Gasteiger partial charge >= 0.3 is 0 Å². The lowest BCUT2D eigenvalue weighted by molar-refractivity contribution is 0.0360. The van der Waals surface area contributed by atoms with Crippen LogP contribution in [0.25, 0.3) is 10.9 Å². The molecule has 0 bridgehead atoms. The lowest BCUT2D eigenvalue weighted by Gasteiger charge is -2.05. The van der Waals surface area contributed by atoms with E-state index in [4.69, 9.17) is 16.4 Å². The minimum absolute atomic E-state index is 0.238. The average molecular weight is 251 g/mol. The maximum absolute atomic E-state index is 11.6. The van der Waals surface area contributed by atoms with Gasteiger partial charge < -0.3 is 0 Å². The molecule has 0 aliphatic heterocycles. The molecule has 0 spiro atoms. The monoisotopic (exact) mass is 250 g/mol. The largest absolute Gasteiger partial charge is 0.293 e. The van der Waals surface area contributed by atoms with Crippen LogP contribution in [0.15, 0.2) is 30.3 Å². The van der Waals surface area contributed by atoms with Crippen LogP contribution in [0.1, 0.15) is 17.4 Å². The topological polar surface area (TPSA) is 51.2 Å². The second kappa shape index (κ2) is 5.12. The van der Waals surface area contributed by atoms with Crippen molar-refractivity contribution in [2.24, 2.45) is 0 Å². The van der Waals surface area contributed by atoms with Crippen molar-refractivity contribution in [2.75, 3.05) is 6.61 Å². The number of carbonyl (C=O) groups is 1. The summed E-state index contributed by atoms with van der Waals surface area (Å²) >= 11 is 6.08. The molecule has 0 unspecified atom stereocenters. The van der Waals surface area contributed by atoms with Crippen molar-refractivity contribution < 1.29 is 9.63 Å². The highest BCUT2D eigenvalue weighted by Gasteiger charge is 2.10. The van der Waals surface area contributed by atoms with Crippen LogP contribution in [0, 0.1) is 0 Å². The summed E-state index contributed by atoms with van der Waals surface area (Å²) in [6.07, 6.45) is 0. The first kappa shape index (κ1) is 11.8. The third kappa shape index (κ3) is 2.54. The van der Waals surface area contributed by atoms with E-state index in [1.165, 1.54) is 6.07 Å². The molecule has 1 heterocycles. The van der Waals surface area contributed by atoms with Crippen LogP contribution in [0.4, 0.5) is 0 Å². The normalized spacial score (nSPS) is 10.5. The van der Waals surface area contributed by atoms with Crippen LogP contribution in [0.5, 0.6) is 0 Å². The average Bonchev–Trinajstić information content (AvgIpc) is 2.36. The molecule has 0 saturated heterocycles. The number of halogens is 1. The first-order valence-corrected chi connectivity index (χ1v) is 5.57. The van der Waals surface area contributed by atoms with E-state index in [-0.39, 0.29) is 5.69 Å². The third-order valence-electron chi connectivity index (χ3n) is 2.21. The summed E-state index contributed by atoms with van der Waals surface area (Å²) in [5.41, 5.74) is 3.20. The van der Waals surface area contributed by atoms with Gasteiger partial charge in [0.1, 0.15) is 5.69 Å². The van der Waals surface area contributed by atoms with Crippen LogP contribution in [-0.4, -0.2) is 17.5 Å². The number of aromatic nitrogens is 1. The Bertz CT molecular complexity index is 557. The number of hydrogen-bond acceptors (Lipinski definition) is 3. The molecule has 5 heteroatoms. The summed E-state index contributed by atoms with van der Waals surface area (Å²) < 4.78 is 0. The Morgan fingerprint density at radius 3 is 3.00 bits per heavy atom. The molecule has 2 rings (SSSR count). The summed E-state index contributed by atoms with van der Waals surface area (Å²) in [7, 11) is 0. The van der Waals surface area contributed by atoms with Crippen molar-refractivity contribution in [3.63, 3.8) is 0 Å². The number of nitrogens with zero attached hydrogens (tertiary/aromatic N) is 1. The maximum atomic E-state index is 11.6. The highest BCUT2D eigenvalue weighted by atomic mass is 35.5. The highest BCUT2D eigenvalue weighted by molar-refractivity contribution is 6.35. The second-order valence-electron chi connectivity index (χ2n) is 3.37. The molecule has 1 amide bonds. The summed E-state index contributed by atoms with van der Waals surface area (Å²) in [5, 5.41) is 1.32. The lowest BCUT2D eigenvalue weighted by Crippen LogP contribution is -2.24. The van der Waals surface area contributed by atoms with E-state index < -0.39 is 5.91 Å². The first-order chi connectivity index (χ1) is 8.22. The summed E-state index contributed by atoms with van der Waals surface area (Å²) in [6, 6.07) is 8.90. The molecule has 4 nitrogen and oxygen atoms in total. The van der Waals surface area contributed by atoms with E-state index in [0.717, 1.165) is 5.39 Å². The highest BCUT2D eigenvalue weighted by Crippen LogP contribution is 2.22. The van der Waals surface area contributed by atoms with Gasteiger partial charge in [-0.3, -0.25) is 9.63 Å². The van der Waals surface area contributed by atoms with E-state index >= 15 is 0 Å². The predicted octanol–water partition coefficient (Wildman–Crippen LogP) is 2.57. The SMILES string of the molecule is CCONC(=O)c1cc(Cl)c2ccccc2n1. The number of amides is 1. The Hall–Kier alpha value is -1.65. The number of para-hydroxylation sites is 1. The molecule has 1 N–H and O–H groups in total. The van der Waals surface area contributed by atoms with Crippen LogP contribution in [0.2, 0.25) is 5.02 Å². The number of hydrogen-bond donors (Lipinski definition) is 1. The minimum atomic E-state index is -0.403. The van der Waals surface area contributed by atoms with Gasteiger partial charge in [-0.1, -0.05) is 29.8 Å². The van der Waals surface area contributed by atoms with Gasteiger partial charge in [-0.15, -0.1) is 0 Å². The number of nitrogens with one attached hydrogen (secondary N) is 1. The van der Waals surface area contributed by atoms with Gasteiger partial charge in [-0.2, -0.15) is 0 Å². The van der Waals surface area contributed by atoms with Crippen LogP contribution >= 0.6 is 11.6 Å². The van der Waals surface area contributed by atoms with Gasteiger partial charge in [-0.05, 0) is 19.1 Å². The fraction of sp³-hybridized carbons (Fsp3) is 0.167. The minimum Gasteiger partial charge on any atom is -0.274 e. The summed E-state index contributed by atoms with van der Waals surface area (Å²) in [6.45, 7) is 2.17. The van der Waals surface area contributed by atoms with Crippen LogP contribution < -0.4 is 5.48 Å². The molecule has 0 atom stereocenters. The number of hydroxylamine groups is 1. The summed E-state index contributed by atoms with van der Waals surface area (Å²) in [5.74, 6) is -0.403. The van der Waals surface area contributed by atoms with Crippen molar-refractivity contribution in [3.8, 4) is 0 Å². The smallest absolute Gasteiger partial charge is 0.274 e. The number of rotatable bonds is 3. The Labute approximate surface area is 104 Å². The molecule has 17 heavy (non-hydrogen) atoms. The first-order valence-electron chi connectivity index (χ1n) is 5.19. The van der Waals surface area contributed by atoms with Gasteiger partial charge in [0, 0.05) is 5.39 Å². The Morgan fingerprint density at radius 2 is 2.24 bits per heavy atom. The van der Waals surface area contributed by atoms with Crippen molar-refractivity contribution in [1.82, 2.24) is 10.5 Å². The van der Waals surface area contributed by atoms with E-state index in [2.05, 4.69) is 10.5 Å². The maximum Gasteiger partial charge on any atom is 0.293 e. The third-order valence-corrected chi connectivity index (χ3v) is 2.52.